The maximum atomic E-state index is 13.6. The van der Waals surface area contributed by atoms with Crippen LogP contribution in [-0.4, -0.2) is 43.0 Å². The highest BCUT2D eigenvalue weighted by molar-refractivity contribution is 6.45. The fourth-order valence-electron chi connectivity index (χ4n) is 4.47. The van der Waals surface area contributed by atoms with Gasteiger partial charge in [-0.25, -0.2) is 4.90 Å². The number of anilines is 1. The fourth-order valence-corrected chi connectivity index (χ4v) is 4.47. The van der Waals surface area contributed by atoms with Crippen molar-refractivity contribution >= 4 is 23.1 Å². The Balaban J connectivity index is 1.58. The van der Waals surface area contributed by atoms with E-state index in [2.05, 4.69) is 11.8 Å². The average Bonchev–Trinajstić information content (AvgIpc) is 3.04. The van der Waals surface area contributed by atoms with Crippen molar-refractivity contribution in [2.24, 2.45) is 5.92 Å². The zero-order valence-corrected chi connectivity index (χ0v) is 17.0. The van der Waals surface area contributed by atoms with E-state index >= 15 is 0 Å². The van der Waals surface area contributed by atoms with Gasteiger partial charge in [0.15, 0.2) is 11.5 Å². The van der Waals surface area contributed by atoms with E-state index in [0.29, 0.717) is 47.6 Å². The number of imide groups is 1. The molecule has 154 valence electrons. The number of nitrogens with zero attached hydrogens (tertiary/aromatic N) is 2. The molecule has 3 heterocycles. The monoisotopic (exact) mass is 404 g/mol. The third-order valence-electron chi connectivity index (χ3n) is 5.88. The summed E-state index contributed by atoms with van der Waals surface area (Å²) in [6.07, 6.45) is 2.15. The van der Waals surface area contributed by atoms with Crippen LogP contribution in [0.25, 0.3) is 5.57 Å². The second-order valence-corrected chi connectivity index (χ2v) is 8.06. The summed E-state index contributed by atoms with van der Waals surface area (Å²) in [5.74, 6) is 1.10. The topological polar surface area (TPSA) is 59.1 Å². The minimum atomic E-state index is -0.295. The Bertz CT molecular complexity index is 1030. The minimum Gasteiger partial charge on any atom is -0.486 e. The first kappa shape index (κ1) is 18.7. The molecule has 0 spiro atoms. The highest BCUT2D eigenvalue weighted by Crippen LogP contribution is 2.40. The van der Waals surface area contributed by atoms with Crippen molar-refractivity contribution < 1.29 is 19.1 Å². The summed E-state index contributed by atoms with van der Waals surface area (Å²) in [7, 11) is 0. The Labute approximate surface area is 175 Å². The maximum Gasteiger partial charge on any atom is 0.282 e. The number of likely N-dealkylation sites (tertiary alicyclic amines) is 1. The van der Waals surface area contributed by atoms with Gasteiger partial charge in [0.1, 0.15) is 18.9 Å². The van der Waals surface area contributed by atoms with Crippen LogP contribution >= 0.6 is 0 Å². The fraction of sp³-hybridized carbons (Fsp3) is 0.333. The molecule has 1 fully saturated rings. The van der Waals surface area contributed by atoms with Gasteiger partial charge >= 0.3 is 0 Å². The van der Waals surface area contributed by atoms with Gasteiger partial charge in [-0.15, -0.1) is 0 Å². The summed E-state index contributed by atoms with van der Waals surface area (Å²) < 4.78 is 11.2. The lowest BCUT2D eigenvalue weighted by atomic mass is 9.98. The highest BCUT2D eigenvalue weighted by Gasteiger charge is 2.43. The number of hydrogen-bond donors (Lipinski definition) is 0. The van der Waals surface area contributed by atoms with Crippen LogP contribution in [0.3, 0.4) is 0 Å². The Morgan fingerprint density at radius 1 is 0.933 bits per heavy atom. The lowest BCUT2D eigenvalue weighted by Crippen LogP contribution is -2.39. The van der Waals surface area contributed by atoms with Gasteiger partial charge in [0.2, 0.25) is 0 Å². The normalized spacial score (nSPS) is 21.4. The molecule has 1 saturated heterocycles. The number of amides is 2. The molecule has 2 aromatic rings. The Hall–Kier alpha value is -3.28. The van der Waals surface area contributed by atoms with Crippen LogP contribution in [0.1, 0.15) is 25.3 Å². The molecule has 0 radical (unpaired) electrons. The smallest absolute Gasteiger partial charge is 0.282 e. The summed E-state index contributed by atoms with van der Waals surface area (Å²) in [6, 6.07) is 14.7. The zero-order chi connectivity index (χ0) is 20.7. The van der Waals surface area contributed by atoms with Crippen LogP contribution in [0, 0.1) is 5.92 Å². The van der Waals surface area contributed by atoms with Crippen LogP contribution in [-0.2, 0) is 9.59 Å². The molecule has 5 rings (SSSR count). The van der Waals surface area contributed by atoms with E-state index in [4.69, 9.17) is 9.47 Å². The summed E-state index contributed by atoms with van der Waals surface area (Å²) >= 11 is 0. The van der Waals surface area contributed by atoms with Gasteiger partial charge in [0, 0.05) is 19.2 Å². The average molecular weight is 404 g/mol. The van der Waals surface area contributed by atoms with Crippen LogP contribution < -0.4 is 14.4 Å². The molecule has 2 amide bonds. The van der Waals surface area contributed by atoms with E-state index in [-0.39, 0.29) is 11.8 Å². The number of fused-ring (bicyclic) bond motifs is 1. The van der Waals surface area contributed by atoms with E-state index in [9.17, 15) is 9.59 Å². The number of ether oxygens (including phenoxy) is 2. The molecule has 0 aliphatic carbocycles. The van der Waals surface area contributed by atoms with E-state index in [1.54, 1.807) is 18.2 Å². The number of hydrogen-bond acceptors (Lipinski definition) is 5. The highest BCUT2D eigenvalue weighted by atomic mass is 16.6. The molecular weight excluding hydrogens is 380 g/mol. The van der Waals surface area contributed by atoms with Gasteiger partial charge < -0.3 is 14.4 Å². The third-order valence-corrected chi connectivity index (χ3v) is 5.88. The molecule has 1 atom stereocenters. The van der Waals surface area contributed by atoms with Crippen LogP contribution in [0.15, 0.2) is 54.2 Å². The lowest BCUT2D eigenvalue weighted by Gasteiger charge is -2.33. The molecule has 0 N–H and O–H groups in total. The van der Waals surface area contributed by atoms with Gasteiger partial charge in [-0.1, -0.05) is 37.3 Å². The first-order valence-corrected chi connectivity index (χ1v) is 10.5. The molecule has 6 nitrogen and oxygen atoms in total. The molecule has 3 aliphatic rings. The van der Waals surface area contributed by atoms with E-state index < -0.39 is 0 Å². The summed E-state index contributed by atoms with van der Waals surface area (Å²) in [4.78, 5) is 30.5. The summed E-state index contributed by atoms with van der Waals surface area (Å²) in [6.45, 7) is 4.69. The van der Waals surface area contributed by atoms with Crippen LogP contribution in [0.2, 0.25) is 0 Å². The Morgan fingerprint density at radius 2 is 1.70 bits per heavy atom. The lowest BCUT2D eigenvalue weighted by molar-refractivity contribution is -0.120. The molecular formula is C24H24N2O4. The first-order chi connectivity index (χ1) is 14.6. The van der Waals surface area contributed by atoms with Crippen LogP contribution in [0.5, 0.6) is 11.5 Å². The second-order valence-electron chi connectivity index (χ2n) is 8.06. The predicted octanol–water partition coefficient (Wildman–Crippen LogP) is 3.47. The molecule has 0 aromatic heterocycles. The minimum absolute atomic E-state index is 0.273. The molecule has 0 bridgehead atoms. The van der Waals surface area contributed by atoms with Gasteiger partial charge in [-0.05, 0) is 36.5 Å². The molecule has 2 aromatic carbocycles. The van der Waals surface area contributed by atoms with E-state index in [0.717, 1.165) is 31.5 Å². The van der Waals surface area contributed by atoms with Crippen molar-refractivity contribution in [1.82, 2.24) is 4.90 Å². The van der Waals surface area contributed by atoms with Crippen molar-refractivity contribution in [2.45, 2.75) is 19.8 Å². The quantitative estimate of drug-likeness (QED) is 0.733. The van der Waals surface area contributed by atoms with Crippen molar-refractivity contribution in [3.05, 3.63) is 59.8 Å². The van der Waals surface area contributed by atoms with Crippen molar-refractivity contribution in [3.63, 3.8) is 0 Å². The summed E-state index contributed by atoms with van der Waals surface area (Å²) in [5.41, 5.74) is 2.25. The zero-order valence-electron chi connectivity index (χ0n) is 17.0. The number of carbonyl (C=O) groups excluding carboxylic acids is 2. The number of carbonyl (C=O) groups is 2. The molecule has 0 saturated carbocycles. The van der Waals surface area contributed by atoms with Crippen molar-refractivity contribution in [2.75, 3.05) is 31.2 Å². The maximum absolute atomic E-state index is 13.6. The van der Waals surface area contributed by atoms with Crippen molar-refractivity contribution in [3.8, 4) is 11.5 Å². The molecule has 3 aliphatic heterocycles. The number of piperidine rings is 1. The van der Waals surface area contributed by atoms with Gasteiger partial charge in [0.25, 0.3) is 11.8 Å². The van der Waals surface area contributed by atoms with E-state index in [1.807, 2.05) is 30.3 Å². The standard InChI is InChI=1S/C24H24N2O4/c1-16-6-5-11-25(15-16)22-21(17-7-3-2-4-8-17)23(27)26(24(22)28)18-9-10-19-20(14-18)30-13-12-29-19/h2-4,7-10,14,16H,5-6,11-13,15H2,1H3. The largest absolute Gasteiger partial charge is 0.486 e. The molecule has 30 heavy (non-hydrogen) atoms. The van der Waals surface area contributed by atoms with Gasteiger partial charge in [-0.3, -0.25) is 9.59 Å². The SMILES string of the molecule is CC1CCCN(C2=C(c3ccccc3)C(=O)N(c3ccc4c(c3)OCCO4)C2=O)C1. The van der Waals surface area contributed by atoms with Gasteiger partial charge in [0.05, 0.1) is 11.3 Å². The van der Waals surface area contributed by atoms with Gasteiger partial charge in [-0.2, -0.15) is 0 Å². The molecule has 6 heteroatoms. The Morgan fingerprint density at radius 3 is 2.47 bits per heavy atom. The molecule has 1 unspecified atom stereocenters. The Kier molecular flexibility index (Phi) is 4.69. The number of benzene rings is 2. The van der Waals surface area contributed by atoms with E-state index in [1.165, 1.54) is 4.90 Å². The summed E-state index contributed by atoms with van der Waals surface area (Å²) in [5, 5.41) is 0. The first-order valence-electron chi connectivity index (χ1n) is 10.5. The predicted molar refractivity (Wildman–Crippen MR) is 113 cm³/mol. The third kappa shape index (κ3) is 3.12. The second kappa shape index (κ2) is 7.52. The van der Waals surface area contributed by atoms with Crippen LogP contribution in [0.4, 0.5) is 5.69 Å². The number of rotatable bonds is 3. The van der Waals surface area contributed by atoms with Crippen molar-refractivity contribution in [1.29, 1.82) is 0 Å².